The highest BCUT2D eigenvalue weighted by molar-refractivity contribution is 5.42. The van der Waals surface area contributed by atoms with E-state index in [0.717, 1.165) is 36.5 Å². The van der Waals surface area contributed by atoms with Crippen LogP contribution < -0.4 is 10.1 Å². The number of ether oxygens (including phenoxy) is 1. The molecule has 1 aliphatic rings. The molecule has 0 saturated carbocycles. The van der Waals surface area contributed by atoms with E-state index in [4.69, 9.17) is 9.26 Å². The summed E-state index contributed by atoms with van der Waals surface area (Å²) in [7, 11) is 0. The Labute approximate surface area is 124 Å². The van der Waals surface area contributed by atoms with Gasteiger partial charge in [-0.1, -0.05) is 30.3 Å². The van der Waals surface area contributed by atoms with Crippen LogP contribution in [-0.4, -0.2) is 29.3 Å². The number of aromatic nitrogens is 2. The van der Waals surface area contributed by atoms with Gasteiger partial charge in [-0.15, -0.1) is 0 Å². The number of para-hydroxylation sites is 1. The number of hydrogen-bond acceptors (Lipinski definition) is 5. The molecule has 21 heavy (non-hydrogen) atoms. The van der Waals surface area contributed by atoms with Crippen LogP contribution in [0.4, 0.5) is 0 Å². The van der Waals surface area contributed by atoms with E-state index in [1.54, 1.807) is 0 Å². The minimum atomic E-state index is 0.0811. The van der Waals surface area contributed by atoms with Crippen LogP contribution >= 0.6 is 0 Å². The van der Waals surface area contributed by atoms with Gasteiger partial charge >= 0.3 is 0 Å². The zero-order chi connectivity index (χ0) is 14.7. The Morgan fingerprint density at radius 2 is 2.24 bits per heavy atom. The summed E-state index contributed by atoms with van der Waals surface area (Å²) >= 11 is 0. The predicted octanol–water partition coefficient (Wildman–Crippen LogP) is 2.52. The molecule has 2 aromatic rings. The Bertz CT molecular complexity index is 597. The van der Waals surface area contributed by atoms with Crippen molar-refractivity contribution in [3.8, 4) is 5.75 Å². The molecule has 2 heterocycles. The van der Waals surface area contributed by atoms with Crippen molar-refractivity contribution in [2.45, 2.75) is 38.6 Å². The van der Waals surface area contributed by atoms with E-state index < -0.39 is 0 Å². The molecule has 2 unspecified atom stereocenters. The van der Waals surface area contributed by atoms with Gasteiger partial charge in [-0.25, -0.2) is 0 Å². The Kier molecular flexibility index (Phi) is 4.20. The standard InChI is InChI=1S/C16H21N3O2/c1-3-8-17-11(2)9-15-18-16(19-21-15)13-10-20-14-7-5-4-6-12(13)14/h4-7,11,13,17H,3,8-10H2,1-2H3. The topological polar surface area (TPSA) is 60.2 Å². The van der Waals surface area contributed by atoms with Crippen molar-refractivity contribution >= 4 is 0 Å². The number of fused-ring (bicyclic) bond motifs is 1. The summed E-state index contributed by atoms with van der Waals surface area (Å²) in [6, 6.07) is 8.37. The van der Waals surface area contributed by atoms with Crippen molar-refractivity contribution in [2.24, 2.45) is 0 Å². The molecule has 0 saturated heterocycles. The highest BCUT2D eigenvalue weighted by Gasteiger charge is 2.29. The maximum atomic E-state index is 5.67. The largest absolute Gasteiger partial charge is 0.492 e. The molecule has 0 radical (unpaired) electrons. The molecule has 0 spiro atoms. The molecule has 0 aliphatic carbocycles. The lowest BCUT2D eigenvalue weighted by atomic mass is 10.0. The van der Waals surface area contributed by atoms with Crippen LogP contribution in [0.1, 0.15) is 43.5 Å². The predicted molar refractivity (Wildman–Crippen MR) is 79.5 cm³/mol. The minimum absolute atomic E-state index is 0.0811. The zero-order valence-corrected chi connectivity index (χ0v) is 12.5. The van der Waals surface area contributed by atoms with Gasteiger partial charge in [0.2, 0.25) is 5.89 Å². The highest BCUT2D eigenvalue weighted by atomic mass is 16.5. The second kappa shape index (κ2) is 6.26. The summed E-state index contributed by atoms with van der Waals surface area (Å²) in [4.78, 5) is 4.54. The van der Waals surface area contributed by atoms with Crippen molar-refractivity contribution < 1.29 is 9.26 Å². The summed E-state index contributed by atoms with van der Waals surface area (Å²) in [6.45, 7) is 5.88. The smallest absolute Gasteiger partial charge is 0.228 e. The van der Waals surface area contributed by atoms with Gasteiger partial charge in [-0.2, -0.15) is 4.98 Å². The molecule has 1 aromatic heterocycles. The number of benzene rings is 1. The van der Waals surface area contributed by atoms with Crippen LogP contribution in [-0.2, 0) is 6.42 Å². The summed E-state index contributed by atoms with van der Waals surface area (Å²) in [5.74, 6) is 2.41. The third kappa shape index (κ3) is 3.08. The van der Waals surface area contributed by atoms with Crippen molar-refractivity contribution in [1.29, 1.82) is 0 Å². The Morgan fingerprint density at radius 1 is 1.38 bits per heavy atom. The fourth-order valence-corrected chi connectivity index (χ4v) is 2.59. The SMILES string of the molecule is CCCNC(C)Cc1nc(C2COc3ccccc32)no1. The molecule has 5 heteroatoms. The van der Waals surface area contributed by atoms with E-state index in [0.29, 0.717) is 18.5 Å². The monoisotopic (exact) mass is 287 g/mol. The molecule has 3 rings (SSSR count). The lowest BCUT2D eigenvalue weighted by Crippen LogP contribution is -2.28. The number of hydrogen-bond donors (Lipinski definition) is 1. The normalized spacial score (nSPS) is 18.3. The third-order valence-electron chi connectivity index (χ3n) is 3.72. The maximum Gasteiger partial charge on any atom is 0.228 e. The molecule has 1 N–H and O–H groups in total. The fraction of sp³-hybridized carbons (Fsp3) is 0.500. The Hall–Kier alpha value is -1.88. The molecule has 0 bridgehead atoms. The van der Waals surface area contributed by atoms with E-state index in [9.17, 15) is 0 Å². The second-order valence-corrected chi connectivity index (χ2v) is 5.51. The zero-order valence-electron chi connectivity index (χ0n) is 12.5. The van der Waals surface area contributed by atoms with Gasteiger partial charge in [-0.3, -0.25) is 0 Å². The fourth-order valence-electron chi connectivity index (χ4n) is 2.59. The van der Waals surface area contributed by atoms with E-state index in [2.05, 4.69) is 35.4 Å². The summed E-state index contributed by atoms with van der Waals surface area (Å²) in [5.41, 5.74) is 1.14. The van der Waals surface area contributed by atoms with Gasteiger partial charge in [-0.05, 0) is 26.0 Å². The average Bonchev–Trinajstić information content (AvgIpc) is 3.11. The second-order valence-electron chi connectivity index (χ2n) is 5.51. The maximum absolute atomic E-state index is 5.67. The highest BCUT2D eigenvalue weighted by Crippen LogP contribution is 2.36. The van der Waals surface area contributed by atoms with Crippen molar-refractivity contribution in [3.63, 3.8) is 0 Å². The third-order valence-corrected chi connectivity index (χ3v) is 3.72. The van der Waals surface area contributed by atoms with Gasteiger partial charge in [0.25, 0.3) is 0 Å². The average molecular weight is 287 g/mol. The van der Waals surface area contributed by atoms with Crippen LogP contribution in [0, 0.1) is 0 Å². The lowest BCUT2D eigenvalue weighted by Gasteiger charge is -2.09. The first kappa shape index (κ1) is 14.1. The molecular formula is C16H21N3O2. The van der Waals surface area contributed by atoms with E-state index in [1.807, 2.05) is 18.2 Å². The van der Waals surface area contributed by atoms with Crippen LogP contribution in [0.2, 0.25) is 0 Å². The quantitative estimate of drug-likeness (QED) is 0.884. The molecule has 1 aliphatic heterocycles. The molecule has 5 nitrogen and oxygen atoms in total. The van der Waals surface area contributed by atoms with E-state index in [-0.39, 0.29) is 5.92 Å². The van der Waals surface area contributed by atoms with Crippen molar-refractivity contribution in [1.82, 2.24) is 15.5 Å². The summed E-state index contributed by atoms with van der Waals surface area (Å²) in [6.07, 6.45) is 1.87. The van der Waals surface area contributed by atoms with E-state index >= 15 is 0 Å². The molecule has 2 atom stereocenters. The lowest BCUT2D eigenvalue weighted by molar-refractivity contribution is 0.329. The van der Waals surface area contributed by atoms with Gasteiger partial charge < -0.3 is 14.6 Å². The number of rotatable bonds is 6. The molecule has 0 amide bonds. The minimum Gasteiger partial charge on any atom is -0.492 e. The first-order chi connectivity index (χ1) is 10.3. The van der Waals surface area contributed by atoms with Crippen molar-refractivity contribution in [3.05, 3.63) is 41.5 Å². The van der Waals surface area contributed by atoms with Crippen LogP contribution in [0.5, 0.6) is 5.75 Å². The summed E-state index contributed by atoms with van der Waals surface area (Å²) in [5, 5.41) is 7.56. The first-order valence-electron chi connectivity index (χ1n) is 7.55. The van der Waals surface area contributed by atoms with Crippen LogP contribution in [0.15, 0.2) is 28.8 Å². The Balaban J connectivity index is 1.69. The van der Waals surface area contributed by atoms with Gasteiger partial charge in [0.15, 0.2) is 5.82 Å². The molecule has 0 fully saturated rings. The van der Waals surface area contributed by atoms with Crippen molar-refractivity contribution in [2.75, 3.05) is 13.2 Å². The van der Waals surface area contributed by atoms with Gasteiger partial charge in [0, 0.05) is 18.0 Å². The molecule has 1 aromatic carbocycles. The van der Waals surface area contributed by atoms with Crippen LogP contribution in [0.25, 0.3) is 0 Å². The number of nitrogens with zero attached hydrogens (tertiary/aromatic N) is 2. The number of nitrogens with one attached hydrogen (secondary N) is 1. The Morgan fingerprint density at radius 3 is 3.10 bits per heavy atom. The first-order valence-corrected chi connectivity index (χ1v) is 7.55. The van der Waals surface area contributed by atoms with E-state index in [1.165, 1.54) is 0 Å². The van der Waals surface area contributed by atoms with Gasteiger partial charge in [0.1, 0.15) is 12.4 Å². The molecule has 112 valence electrons. The summed E-state index contributed by atoms with van der Waals surface area (Å²) < 4.78 is 11.1. The molecular weight excluding hydrogens is 266 g/mol. The van der Waals surface area contributed by atoms with Crippen LogP contribution in [0.3, 0.4) is 0 Å². The van der Waals surface area contributed by atoms with Gasteiger partial charge in [0.05, 0.1) is 5.92 Å².